The monoisotopic (exact) mass is 556 g/mol. The average Bonchev–Trinajstić information content (AvgIpc) is 2.98. The summed E-state index contributed by atoms with van der Waals surface area (Å²) in [5, 5.41) is 9.55. The van der Waals surface area contributed by atoms with E-state index in [0.29, 0.717) is 34.4 Å². The average molecular weight is 557 g/mol. The summed E-state index contributed by atoms with van der Waals surface area (Å²) in [5.41, 5.74) is 4.65. The van der Waals surface area contributed by atoms with E-state index in [1.165, 1.54) is 25.5 Å². The minimum atomic E-state index is -1.01. The molecule has 10 heteroatoms. The number of hydrazone groups is 1. The Kier molecular flexibility index (Phi) is 9.47. The fourth-order valence-corrected chi connectivity index (χ4v) is 3.66. The van der Waals surface area contributed by atoms with Crippen LogP contribution in [0.5, 0.6) is 11.5 Å². The minimum absolute atomic E-state index is 0.161. The van der Waals surface area contributed by atoms with Crippen LogP contribution < -0.4 is 25.5 Å². The molecule has 4 rings (SSSR count). The van der Waals surface area contributed by atoms with Crippen molar-refractivity contribution in [2.45, 2.75) is 6.61 Å². The molecular formula is C30H25ClN4O5. The predicted octanol–water partition coefficient (Wildman–Crippen LogP) is 5.27. The van der Waals surface area contributed by atoms with Gasteiger partial charge in [-0.05, 0) is 65.7 Å². The van der Waals surface area contributed by atoms with E-state index in [9.17, 15) is 14.4 Å². The Balaban J connectivity index is 1.34. The van der Waals surface area contributed by atoms with Gasteiger partial charge in [0.25, 0.3) is 5.91 Å². The second-order valence-corrected chi connectivity index (χ2v) is 8.78. The number of hydrogen-bond acceptors (Lipinski definition) is 6. The maximum absolute atomic E-state index is 12.8. The van der Waals surface area contributed by atoms with Gasteiger partial charge in [0.2, 0.25) is 0 Å². The van der Waals surface area contributed by atoms with E-state index in [4.69, 9.17) is 21.1 Å². The highest BCUT2D eigenvalue weighted by Gasteiger charge is 2.18. The van der Waals surface area contributed by atoms with Crippen molar-refractivity contribution < 1.29 is 23.9 Å². The standard InChI is InChI=1S/C30H25ClN4O5/c1-39-27-17-21(11-16-26(27)40-19-20-7-3-2-4-8-20)18-32-35-30(38)29(37)34-25-10-6-5-9-24(25)28(36)33-23-14-12-22(31)13-15-23/h2-18H,19H2,1H3,(H,33,36)(H,34,37)(H,35,38)/b32-18-. The molecule has 0 atom stereocenters. The molecule has 0 heterocycles. The van der Waals surface area contributed by atoms with E-state index < -0.39 is 17.7 Å². The van der Waals surface area contributed by atoms with E-state index in [0.717, 1.165) is 5.56 Å². The number of ether oxygens (including phenoxy) is 2. The summed E-state index contributed by atoms with van der Waals surface area (Å²) in [6.45, 7) is 0.377. The van der Waals surface area contributed by atoms with Crippen LogP contribution in [0.4, 0.5) is 11.4 Å². The van der Waals surface area contributed by atoms with E-state index in [-0.39, 0.29) is 11.3 Å². The maximum atomic E-state index is 12.8. The Morgan fingerprint density at radius 2 is 1.55 bits per heavy atom. The fraction of sp³-hybridized carbons (Fsp3) is 0.0667. The zero-order valence-electron chi connectivity index (χ0n) is 21.4. The second kappa shape index (κ2) is 13.6. The van der Waals surface area contributed by atoms with Gasteiger partial charge < -0.3 is 20.1 Å². The molecule has 0 aliphatic heterocycles. The molecule has 0 bridgehead atoms. The summed E-state index contributed by atoms with van der Waals surface area (Å²) >= 11 is 5.88. The first-order chi connectivity index (χ1) is 19.4. The number of amides is 3. The Morgan fingerprint density at radius 1 is 0.825 bits per heavy atom. The second-order valence-electron chi connectivity index (χ2n) is 8.34. The third kappa shape index (κ3) is 7.68. The number of nitrogens with zero attached hydrogens (tertiary/aromatic N) is 1. The summed E-state index contributed by atoms with van der Waals surface area (Å²) < 4.78 is 11.2. The number of para-hydroxylation sites is 1. The quantitative estimate of drug-likeness (QED) is 0.147. The van der Waals surface area contributed by atoms with Crippen LogP contribution in [-0.4, -0.2) is 31.0 Å². The Labute approximate surface area is 235 Å². The molecule has 3 amide bonds. The summed E-state index contributed by atoms with van der Waals surface area (Å²) in [6, 6.07) is 27.7. The Bertz CT molecular complexity index is 1530. The van der Waals surface area contributed by atoms with Crippen molar-refractivity contribution in [2.75, 3.05) is 17.7 Å². The number of nitrogens with one attached hydrogen (secondary N) is 3. The topological polar surface area (TPSA) is 118 Å². The molecular weight excluding hydrogens is 532 g/mol. The summed E-state index contributed by atoms with van der Waals surface area (Å²) in [7, 11) is 1.52. The molecule has 3 N–H and O–H groups in total. The molecule has 0 spiro atoms. The van der Waals surface area contributed by atoms with Gasteiger partial charge in [0.05, 0.1) is 24.6 Å². The van der Waals surface area contributed by atoms with Crippen molar-refractivity contribution in [1.29, 1.82) is 0 Å². The van der Waals surface area contributed by atoms with Gasteiger partial charge in [-0.15, -0.1) is 0 Å². The van der Waals surface area contributed by atoms with E-state index >= 15 is 0 Å². The van der Waals surface area contributed by atoms with Gasteiger partial charge in [0, 0.05) is 10.7 Å². The highest BCUT2D eigenvalue weighted by atomic mass is 35.5. The van der Waals surface area contributed by atoms with Crippen LogP contribution in [0.15, 0.2) is 102 Å². The summed E-state index contributed by atoms with van der Waals surface area (Å²) in [5.74, 6) is -1.45. The zero-order chi connectivity index (χ0) is 28.3. The van der Waals surface area contributed by atoms with E-state index in [2.05, 4.69) is 21.2 Å². The van der Waals surface area contributed by atoms with Crippen LogP contribution in [0.2, 0.25) is 5.02 Å². The molecule has 0 unspecified atom stereocenters. The molecule has 202 valence electrons. The molecule has 4 aromatic carbocycles. The molecule has 40 heavy (non-hydrogen) atoms. The van der Waals surface area contributed by atoms with Gasteiger partial charge in [-0.1, -0.05) is 54.1 Å². The SMILES string of the molecule is COc1cc(/C=N\NC(=O)C(=O)Nc2ccccc2C(=O)Nc2ccc(Cl)cc2)ccc1OCc1ccccc1. The van der Waals surface area contributed by atoms with Gasteiger partial charge in [-0.25, -0.2) is 5.43 Å². The van der Waals surface area contributed by atoms with Crippen molar-refractivity contribution in [3.05, 3.63) is 119 Å². The fourth-order valence-electron chi connectivity index (χ4n) is 3.54. The molecule has 4 aromatic rings. The number of rotatable bonds is 9. The van der Waals surface area contributed by atoms with Gasteiger partial charge in [0.1, 0.15) is 6.61 Å². The van der Waals surface area contributed by atoms with Gasteiger partial charge in [-0.2, -0.15) is 5.10 Å². The first-order valence-corrected chi connectivity index (χ1v) is 12.5. The van der Waals surface area contributed by atoms with Crippen LogP contribution in [-0.2, 0) is 16.2 Å². The molecule has 9 nitrogen and oxygen atoms in total. The zero-order valence-corrected chi connectivity index (χ0v) is 22.1. The number of carbonyl (C=O) groups is 3. The highest BCUT2D eigenvalue weighted by molar-refractivity contribution is 6.40. The molecule has 0 aliphatic carbocycles. The maximum Gasteiger partial charge on any atom is 0.329 e. The number of carbonyl (C=O) groups excluding carboxylic acids is 3. The molecule has 0 saturated carbocycles. The number of methoxy groups -OCH3 is 1. The molecule has 0 radical (unpaired) electrons. The lowest BCUT2D eigenvalue weighted by atomic mass is 10.1. The third-order valence-electron chi connectivity index (χ3n) is 5.53. The number of benzene rings is 4. The number of hydrogen-bond donors (Lipinski definition) is 3. The first kappa shape index (κ1) is 27.9. The lowest BCUT2D eigenvalue weighted by Gasteiger charge is -2.11. The number of anilines is 2. The van der Waals surface area contributed by atoms with Crippen molar-refractivity contribution in [3.63, 3.8) is 0 Å². The van der Waals surface area contributed by atoms with Crippen molar-refractivity contribution >= 4 is 46.9 Å². The lowest BCUT2D eigenvalue weighted by Crippen LogP contribution is -2.33. The summed E-state index contributed by atoms with van der Waals surface area (Å²) in [4.78, 5) is 37.6. The van der Waals surface area contributed by atoms with E-state index in [1.807, 2.05) is 30.3 Å². The number of halogens is 1. The van der Waals surface area contributed by atoms with Crippen LogP contribution in [0.3, 0.4) is 0 Å². The smallest absolute Gasteiger partial charge is 0.329 e. The van der Waals surface area contributed by atoms with Crippen molar-refractivity contribution in [3.8, 4) is 11.5 Å². The third-order valence-corrected chi connectivity index (χ3v) is 5.78. The summed E-state index contributed by atoms with van der Waals surface area (Å²) in [6.07, 6.45) is 1.36. The van der Waals surface area contributed by atoms with Gasteiger partial charge in [-0.3, -0.25) is 14.4 Å². The molecule has 0 fully saturated rings. The highest BCUT2D eigenvalue weighted by Crippen LogP contribution is 2.28. The van der Waals surface area contributed by atoms with Gasteiger partial charge >= 0.3 is 11.8 Å². The van der Waals surface area contributed by atoms with Crippen LogP contribution in [0.25, 0.3) is 0 Å². The molecule has 0 aliphatic rings. The van der Waals surface area contributed by atoms with Crippen molar-refractivity contribution in [2.24, 2.45) is 5.10 Å². The minimum Gasteiger partial charge on any atom is -0.493 e. The van der Waals surface area contributed by atoms with Crippen molar-refractivity contribution in [1.82, 2.24) is 5.43 Å². The van der Waals surface area contributed by atoms with Crippen LogP contribution >= 0.6 is 11.6 Å². The molecule has 0 saturated heterocycles. The van der Waals surface area contributed by atoms with Gasteiger partial charge in [0.15, 0.2) is 11.5 Å². The molecule has 0 aromatic heterocycles. The van der Waals surface area contributed by atoms with Crippen LogP contribution in [0.1, 0.15) is 21.5 Å². The first-order valence-electron chi connectivity index (χ1n) is 12.1. The normalized spacial score (nSPS) is 10.6. The lowest BCUT2D eigenvalue weighted by molar-refractivity contribution is -0.136. The largest absolute Gasteiger partial charge is 0.493 e. The van der Waals surface area contributed by atoms with Crippen LogP contribution in [0, 0.1) is 0 Å². The Hall–Kier alpha value is -5.15. The van der Waals surface area contributed by atoms with E-state index in [1.54, 1.807) is 54.6 Å². The Morgan fingerprint density at radius 3 is 2.30 bits per heavy atom. The predicted molar refractivity (Wildman–Crippen MR) is 154 cm³/mol.